The molecule has 0 spiro atoms. The molecule has 0 bridgehead atoms. The number of hydrogen-bond donors (Lipinski definition) is 1. The number of carbonyl (C=O) groups is 1. The third-order valence-corrected chi connectivity index (χ3v) is 9.03. The number of aliphatic carboxylic acids is 1. The van der Waals surface area contributed by atoms with E-state index in [1.54, 1.807) is 18.4 Å². The van der Waals surface area contributed by atoms with Crippen molar-refractivity contribution >= 4 is 39.8 Å². The van der Waals surface area contributed by atoms with E-state index >= 15 is 0 Å². The van der Waals surface area contributed by atoms with E-state index in [2.05, 4.69) is 27.4 Å². The van der Waals surface area contributed by atoms with Crippen LogP contribution in [0, 0.1) is 11.8 Å². The molecule has 1 N–H and O–H groups in total. The molecule has 2 atom stereocenters. The zero-order chi connectivity index (χ0) is 25.3. The van der Waals surface area contributed by atoms with Crippen LogP contribution < -0.4 is 4.74 Å². The SMILES string of the molecule is COc1ccc2nccc(CCCC3CCN(CCCCc4sccc4Cl)CC3CCC(=O)O)c2c1. The summed E-state index contributed by atoms with van der Waals surface area (Å²) in [5.74, 6) is 1.22. The van der Waals surface area contributed by atoms with Gasteiger partial charge in [-0.25, -0.2) is 0 Å². The number of aryl methyl sites for hydroxylation is 2. The van der Waals surface area contributed by atoms with Gasteiger partial charge in [0, 0.05) is 29.4 Å². The molecule has 4 rings (SSSR count). The van der Waals surface area contributed by atoms with Crippen LogP contribution >= 0.6 is 22.9 Å². The lowest BCUT2D eigenvalue weighted by molar-refractivity contribution is -0.137. The lowest BCUT2D eigenvalue weighted by Gasteiger charge is -2.39. The van der Waals surface area contributed by atoms with Crippen LogP contribution in [0.2, 0.25) is 5.02 Å². The molecule has 0 radical (unpaired) electrons. The summed E-state index contributed by atoms with van der Waals surface area (Å²) in [5, 5.41) is 13.4. The van der Waals surface area contributed by atoms with Gasteiger partial charge in [0.25, 0.3) is 0 Å². The van der Waals surface area contributed by atoms with Crippen LogP contribution in [0.5, 0.6) is 5.75 Å². The molecule has 7 heteroatoms. The Labute approximate surface area is 223 Å². The van der Waals surface area contributed by atoms with Crippen molar-refractivity contribution in [1.29, 1.82) is 0 Å². The van der Waals surface area contributed by atoms with Crippen molar-refractivity contribution in [3.05, 3.63) is 57.4 Å². The molecule has 2 aromatic heterocycles. The Morgan fingerprint density at radius 1 is 1.17 bits per heavy atom. The molecule has 0 aliphatic carbocycles. The number of nitrogens with zero attached hydrogens (tertiary/aromatic N) is 2. The summed E-state index contributed by atoms with van der Waals surface area (Å²) in [6.07, 6.45) is 10.7. The number of fused-ring (bicyclic) bond motifs is 1. The fourth-order valence-corrected chi connectivity index (χ4v) is 6.76. The lowest BCUT2D eigenvalue weighted by atomic mass is 9.79. The van der Waals surface area contributed by atoms with Crippen molar-refractivity contribution in [2.75, 3.05) is 26.7 Å². The third kappa shape index (κ3) is 7.44. The van der Waals surface area contributed by atoms with Gasteiger partial charge in [0.1, 0.15) is 5.75 Å². The van der Waals surface area contributed by atoms with Crippen molar-refractivity contribution in [2.24, 2.45) is 11.8 Å². The summed E-state index contributed by atoms with van der Waals surface area (Å²) in [7, 11) is 1.69. The van der Waals surface area contributed by atoms with Crippen molar-refractivity contribution in [3.8, 4) is 5.75 Å². The van der Waals surface area contributed by atoms with Crippen LogP contribution in [0.3, 0.4) is 0 Å². The average Bonchev–Trinajstić information content (AvgIpc) is 3.30. The molecule has 5 nitrogen and oxygen atoms in total. The number of ether oxygens (including phenoxy) is 1. The smallest absolute Gasteiger partial charge is 0.303 e. The molecule has 1 aliphatic heterocycles. The van der Waals surface area contributed by atoms with E-state index in [4.69, 9.17) is 16.3 Å². The molecular weight excluding hydrogens is 492 g/mol. The summed E-state index contributed by atoms with van der Waals surface area (Å²) < 4.78 is 5.42. The summed E-state index contributed by atoms with van der Waals surface area (Å²) in [4.78, 5) is 19.7. The van der Waals surface area contributed by atoms with Crippen LogP contribution in [0.1, 0.15) is 55.4 Å². The van der Waals surface area contributed by atoms with E-state index in [0.717, 1.165) is 92.7 Å². The second-order valence-corrected chi connectivity index (χ2v) is 11.3. The Bertz CT molecular complexity index is 1130. The zero-order valence-electron chi connectivity index (χ0n) is 21.1. The van der Waals surface area contributed by atoms with Gasteiger partial charge in [0.15, 0.2) is 0 Å². The maximum Gasteiger partial charge on any atom is 0.303 e. The summed E-state index contributed by atoms with van der Waals surface area (Å²) in [6, 6.07) is 10.2. The second-order valence-electron chi connectivity index (χ2n) is 9.94. The molecule has 194 valence electrons. The number of halogens is 1. The second kappa shape index (κ2) is 13.4. The molecule has 1 saturated heterocycles. The largest absolute Gasteiger partial charge is 0.497 e. The maximum absolute atomic E-state index is 11.3. The molecule has 36 heavy (non-hydrogen) atoms. The van der Waals surface area contributed by atoms with E-state index in [0.29, 0.717) is 11.8 Å². The quantitative estimate of drug-likeness (QED) is 0.239. The number of likely N-dealkylation sites (tertiary alicyclic amines) is 1. The fourth-order valence-electron chi connectivity index (χ4n) is 5.58. The Balaban J connectivity index is 1.29. The van der Waals surface area contributed by atoms with Crippen LogP contribution in [-0.4, -0.2) is 47.7 Å². The standard InChI is InChI=1S/C29H37ClN2O3S/c1-35-24-9-10-27-25(19-24)22(12-15-31-27)6-4-5-21-13-17-32(20-23(21)8-11-29(33)34)16-3-2-7-28-26(30)14-18-36-28/h9-10,12,14-15,18-19,21,23H,2-8,11,13,16-17,20H2,1H3,(H,33,34). The van der Waals surface area contributed by atoms with Gasteiger partial charge in [0.05, 0.1) is 17.6 Å². The predicted octanol–water partition coefficient (Wildman–Crippen LogP) is 7.11. The van der Waals surface area contributed by atoms with Gasteiger partial charge in [-0.05, 0) is 118 Å². The first-order chi connectivity index (χ1) is 17.5. The molecule has 3 aromatic rings. The van der Waals surface area contributed by atoms with Crippen LogP contribution in [0.4, 0.5) is 0 Å². The van der Waals surface area contributed by atoms with E-state index in [1.807, 2.05) is 24.4 Å². The van der Waals surface area contributed by atoms with Gasteiger partial charge in [-0.1, -0.05) is 11.6 Å². The monoisotopic (exact) mass is 528 g/mol. The lowest BCUT2D eigenvalue weighted by Crippen LogP contribution is -2.41. The van der Waals surface area contributed by atoms with Gasteiger partial charge in [-0.3, -0.25) is 9.78 Å². The summed E-state index contributed by atoms with van der Waals surface area (Å²) in [6.45, 7) is 3.22. The Morgan fingerprint density at radius 2 is 2.06 bits per heavy atom. The highest BCUT2D eigenvalue weighted by Crippen LogP contribution is 2.33. The van der Waals surface area contributed by atoms with Crippen molar-refractivity contribution in [1.82, 2.24) is 9.88 Å². The molecule has 1 fully saturated rings. The van der Waals surface area contributed by atoms with Gasteiger partial charge >= 0.3 is 5.97 Å². The van der Waals surface area contributed by atoms with Gasteiger partial charge < -0.3 is 14.7 Å². The number of methoxy groups -OCH3 is 1. The molecule has 0 saturated carbocycles. The number of piperidine rings is 1. The topological polar surface area (TPSA) is 62.7 Å². The number of hydrogen-bond acceptors (Lipinski definition) is 5. The molecule has 2 unspecified atom stereocenters. The van der Waals surface area contributed by atoms with Gasteiger partial charge in [-0.2, -0.15) is 0 Å². The summed E-state index contributed by atoms with van der Waals surface area (Å²) >= 11 is 7.97. The Morgan fingerprint density at radius 3 is 2.83 bits per heavy atom. The van der Waals surface area contributed by atoms with E-state index in [-0.39, 0.29) is 6.42 Å². The summed E-state index contributed by atoms with van der Waals surface area (Å²) in [5.41, 5.74) is 2.31. The average molecular weight is 529 g/mol. The first-order valence-electron chi connectivity index (χ1n) is 13.1. The normalized spacial score (nSPS) is 18.5. The minimum absolute atomic E-state index is 0.265. The first kappa shape index (κ1) is 26.9. The van der Waals surface area contributed by atoms with Gasteiger partial charge in [-0.15, -0.1) is 11.3 Å². The number of unbranched alkanes of at least 4 members (excludes halogenated alkanes) is 1. The van der Waals surface area contributed by atoms with E-state index in [1.165, 1.54) is 10.4 Å². The number of aromatic nitrogens is 1. The third-order valence-electron chi connectivity index (χ3n) is 7.58. The molecule has 1 aliphatic rings. The van der Waals surface area contributed by atoms with Crippen LogP contribution in [-0.2, 0) is 17.6 Å². The number of carboxylic acid groups (broad SMARTS) is 1. The Kier molecular flexibility index (Phi) is 10.0. The van der Waals surface area contributed by atoms with Crippen LogP contribution in [0.15, 0.2) is 41.9 Å². The number of pyridine rings is 1. The van der Waals surface area contributed by atoms with Gasteiger partial charge in [0.2, 0.25) is 0 Å². The zero-order valence-corrected chi connectivity index (χ0v) is 22.7. The van der Waals surface area contributed by atoms with Crippen molar-refractivity contribution in [2.45, 2.75) is 57.8 Å². The number of benzene rings is 1. The fraction of sp³-hybridized carbons (Fsp3) is 0.517. The van der Waals surface area contributed by atoms with Crippen molar-refractivity contribution < 1.29 is 14.6 Å². The minimum Gasteiger partial charge on any atom is -0.497 e. The Hall–Kier alpha value is -2.15. The number of rotatable bonds is 13. The van der Waals surface area contributed by atoms with Crippen molar-refractivity contribution in [3.63, 3.8) is 0 Å². The van der Waals surface area contributed by atoms with E-state index in [9.17, 15) is 9.90 Å². The minimum atomic E-state index is -0.684. The predicted molar refractivity (Wildman–Crippen MR) is 148 cm³/mol. The first-order valence-corrected chi connectivity index (χ1v) is 14.4. The van der Waals surface area contributed by atoms with E-state index < -0.39 is 5.97 Å². The highest BCUT2D eigenvalue weighted by Gasteiger charge is 2.29. The maximum atomic E-state index is 11.3. The van der Waals surface area contributed by atoms with Crippen LogP contribution in [0.25, 0.3) is 10.9 Å². The molecule has 1 aromatic carbocycles. The molecule has 3 heterocycles. The highest BCUT2D eigenvalue weighted by atomic mass is 35.5. The number of thiophene rings is 1. The molecular formula is C29H37ClN2O3S. The molecule has 0 amide bonds. The number of carboxylic acids is 1. The highest BCUT2D eigenvalue weighted by molar-refractivity contribution is 7.10.